The molecule has 1 aliphatic heterocycles. The Morgan fingerprint density at radius 3 is 2.39 bits per heavy atom. The van der Waals surface area contributed by atoms with E-state index < -0.39 is 0 Å². The number of hydrogen-bond acceptors (Lipinski definition) is 3. The molecule has 1 aromatic carbocycles. The highest BCUT2D eigenvalue weighted by Gasteiger charge is 2.12. The molecule has 2 N–H and O–H groups in total. The zero-order chi connectivity index (χ0) is 16.7. The fourth-order valence-electron chi connectivity index (χ4n) is 2.47. The van der Waals surface area contributed by atoms with Gasteiger partial charge in [0.15, 0.2) is 5.96 Å². The molecule has 0 unspecified atom stereocenters. The van der Waals surface area contributed by atoms with Crippen molar-refractivity contribution in [1.82, 2.24) is 10.6 Å². The third-order valence-corrected chi connectivity index (χ3v) is 3.57. The zero-order valence-electron chi connectivity index (χ0n) is 14.9. The maximum atomic E-state index is 5.40. The molecule has 0 atom stereocenters. The van der Waals surface area contributed by atoms with Crippen molar-refractivity contribution in [2.45, 2.75) is 39.8 Å². The van der Waals surface area contributed by atoms with Gasteiger partial charge in [0.05, 0.1) is 19.8 Å². The number of guanidine groups is 1. The molecule has 23 heavy (non-hydrogen) atoms. The highest BCUT2D eigenvalue weighted by atomic mass is 16.5. The summed E-state index contributed by atoms with van der Waals surface area (Å²) in [5, 5.41) is 6.70. The maximum Gasteiger partial charge on any atom is 0.191 e. The molecule has 0 aromatic heterocycles. The van der Waals surface area contributed by atoms with Crippen LogP contribution in [0.4, 0.5) is 5.69 Å². The van der Waals surface area contributed by atoms with Crippen LogP contribution in [0.5, 0.6) is 0 Å². The Hall–Kier alpha value is -1.75. The van der Waals surface area contributed by atoms with Crippen molar-refractivity contribution in [2.24, 2.45) is 4.99 Å². The van der Waals surface area contributed by atoms with Crippen molar-refractivity contribution in [3.05, 3.63) is 29.8 Å². The molecule has 5 nitrogen and oxygen atoms in total. The number of ether oxygens (including phenoxy) is 1. The number of rotatable bonds is 4. The number of morpholine rings is 1. The molecule has 2 rings (SSSR count). The van der Waals surface area contributed by atoms with Gasteiger partial charge in [0, 0.05) is 30.9 Å². The van der Waals surface area contributed by atoms with E-state index in [9.17, 15) is 0 Å². The van der Waals surface area contributed by atoms with Crippen LogP contribution >= 0.6 is 0 Å². The zero-order valence-corrected chi connectivity index (χ0v) is 14.9. The van der Waals surface area contributed by atoms with Crippen LogP contribution in [0.2, 0.25) is 0 Å². The van der Waals surface area contributed by atoms with Crippen molar-refractivity contribution in [3.8, 4) is 0 Å². The molecule has 5 heteroatoms. The molecular weight excluding hydrogens is 288 g/mol. The third kappa shape index (κ3) is 6.10. The fourth-order valence-corrected chi connectivity index (χ4v) is 2.47. The van der Waals surface area contributed by atoms with Crippen molar-refractivity contribution < 1.29 is 4.74 Å². The lowest BCUT2D eigenvalue weighted by Gasteiger charge is -2.28. The van der Waals surface area contributed by atoms with Crippen LogP contribution < -0.4 is 15.5 Å². The van der Waals surface area contributed by atoms with E-state index >= 15 is 0 Å². The van der Waals surface area contributed by atoms with Crippen LogP contribution in [0.3, 0.4) is 0 Å². The van der Waals surface area contributed by atoms with Crippen molar-refractivity contribution >= 4 is 11.6 Å². The summed E-state index contributed by atoms with van der Waals surface area (Å²) in [6, 6.07) is 8.68. The van der Waals surface area contributed by atoms with Gasteiger partial charge in [-0.3, -0.25) is 0 Å². The Morgan fingerprint density at radius 1 is 1.17 bits per heavy atom. The summed E-state index contributed by atoms with van der Waals surface area (Å²) in [5.74, 6) is 0.859. The number of benzene rings is 1. The SMILES string of the molecule is CCNC(=NCc1ccc(N2CCOCC2)cc1)NC(C)(C)C. The molecule has 0 spiro atoms. The summed E-state index contributed by atoms with van der Waals surface area (Å²) >= 11 is 0. The van der Waals surface area contributed by atoms with Gasteiger partial charge in [-0.25, -0.2) is 4.99 Å². The average molecular weight is 318 g/mol. The largest absolute Gasteiger partial charge is 0.378 e. The Morgan fingerprint density at radius 2 is 1.83 bits per heavy atom. The summed E-state index contributed by atoms with van der Waals surface area (Å²) < 4.78 is 5.40. The summed E-state index contributed by atoms with van der Waals surface area (Å²) in [5.41, 5.74) is 2.48. The van der Waals surface area contributed by atoms with Gasteiger partial charge in [-0.15, -0.1) is 0 Å². The van der Waals surface area contributed by atoms with Gasteiger partial charge in [-0.2, -0.15) is 0 Å². The minimum Gasteiger partial charge on any atom is -0.378 e. The van der Waals surface area contributed by atoms with Gasteiger partial charge in [0.25, 0.3) is 0 Å². The quantitative estimate of drug-likeness (QED) is 0.661. The third-order valence-electron chi connectivity index (χ3n) is 3.57. The van der Waals surface area contributed by atoms with E-state index in [1.807, 2.05) is 0 Å². The summed E-state index contributed by atoms with van der Waals surface area (Å²) in [6.45, 7) is 13.6. The Balaban J connectivity index is 1.96. The van der Waals surface area contributed by atoms with E-state index in [2.05, 4.69) is 72.5 Å². The number of anilines is 1. The molecule has 1 fully saturated rings. The van der Waals surface area contributed by atoms with Gasteiger partial charge in [0.2, 0.25) is 0 Å². The van der Waals surface area contributed by atoms with Crippen LogP contribution in [0.25, 0.3) is 0 Å². The number of aliphatic imine (C=N–C) groups is 1. The molecule has 0 aliphatic carbocycles. The first-order chi connectivity index (χ1) is 11.0. The molecule has 0 saturated carbocycles. The standard InChI is InChI=1S/C18H30N4O/c1-5-19-17(21-18(2,3)4)20-14-15-6-8-16(9-7-15)22-10-12-23-13-11-22/h6-9H,5,10-14H2,1-4H3,(H2,19,20,21). The molecule has 0 bridgehead atoms. The van der Waals surface area contributed by atoms with Crippen LogP contribution in [0, 0.1) is 0 Å². The predicted molar refractivity (Wildman–Crippen MR) is 97.2 cm³/mol. The first kappa shape index (κ1) is 17.6. The van der Waals surface area contributed by atoms with E-state index in [-0.39, 0.29) is 5.54 Å². The summed E-state index contributed by atoms with van der Waals surface area (Å²) in [7, 11) is 0. The van der Waals surface area contributed by atoms with Crippen molar-refractivity contribution in [3.63, 3.8) is 0 Å². The van der Waals surface area contributed by atoms with E-state index in [0.29, 0.717) is 6.54 Å². The topological polar surface area (TPSA) is 48.9 Å². The van der Waals surface area contributed by atoms with Crippen molar-refractivity contribution in [2.75, 3.05) is 37.7 Å². The van der Waals surface area contributed by atoms with E-state index in [0.717, 1.165) is 38.8 Å². The van der Waals surface area contributed by atoms with Crippen LogP contribution in [-0.4, -0.2) is 44.3 Å². The molecular formula is C18H30N4O. The van der Waals surface area contributed by atoms with Gasteiger partial charge >= 0.3 is 0 Å². The number of hydrogen-bond donors (Lipinski definition) is 2. The van der Waals surface area contributed by atoms with E-state index in [1.165, 1.54) is 11.3 Å². The van der Waals surface area contributed by atoms with Crippen molar-refractivity contribution in [1.29, 1.82) is 0 Å². The van der Waals surface area contributed by atoms with Crippen LogP contribution in [0.1, 0.15) is 33.3 Å². The second kappa shape index (κ2) is 8.20. The Labute approximate surface area is 140 Å². The normalized spacial score (nSPS) is 16.3. The first-order valence-electron chi connectivity index (χ1n) is 8.46. The monoisotopic (exact) mass is 318 g/mol. The molecule has 1 heterocycles. The summed E-state index contributed by atoms with van der Waals surface area (Å²) in [6.07, 6.45) is 0. The second-order valence-corrected chi connectivity index (χ2v) is 6.84. The highest BCUT2D eigenvalue weighted by Crippen LogP contribution is 2.17. The second-order valence-electron chi connectivity index (χ2n) is 6.84. The molecule has 1 saturated heterocycles. The average Bonchev–Trinajstić information content (AvgIpc) is 2.53. The predicted octanol–water partition coefficient (Wildman–Crippen LogP) is 2.38. The minimum atomic E-state index is 0.00118. The lowest BCUT2D eigenvalue weighted by Crippen LogP contribution is -2.47. The van der Waals surface area contributed by atoms with Gasteiger partial charge in [-0.05, 0) is 45.4 Å². The minimum absolute atomic E-state index is 0.00118. The molecule has 128 valence electrons. The Bertz CT molecular complexity index is 499. The maximum absolute atomic E-state index is 5.40. The Kier molecular flexibility index (Phi) is 6.28. The van der Waals surface area contributed by atoms with Gasteiger partial charge in [-0.1, -0.05) is 12.1 Å². The number of nitrogens with one attached hydrogen (secondary N) is 2. The van der Waals surface area contributed by atoms with Crippen LogP contribution in [-0.2, 0) is 11.3 Å². The van der Waals surface area contributed by atoms with Crippen LogP contribution in [0.15, 0.2) is 29.3 Å². The molecule has 1 aromatic rings. The van der Waals surface area contributed by atoms with E-state index in [4.69, 9.17) is 4.74 Å². The number of nitrogens with zero attached hydrogens (tertiary/aromatic N) is 2. The lowest BCUT2D eigenvalue weighted by atomic mass is 10.1. The molecule has 0 amide bonds. The fraction of sp³-hybridized carbons (Fsp3) is 0.611. The summed E-state index contributed by atoms with van der Waals surface area (Å²) in [4.78, 5) is 7.03. The lowest BCUT2D eigenvalue weighted by molar-refractivity contribution is 0.122. The first-order valence-corrected chi connectivity index (χ1v) is 8.46. The smallest absolute Gasteiger partial charge is 0.191 e. The van der Waals surface area contributed by atoms with Gasteiger partial charge < -0.3 is 20.3 Å². The highest BCUT2D eigenvalue weighted by molar-refractivity contribution is 5.80. The van der Waals surface area contributed by atoms with E-state index in [1.54, 1.807) is 0 Å². The molecule has 1 aliphatic rings. The molecule has 0 radical (unpaired) electrons. The van der Waals surface area contributed by atoms with Gasteiger partial charge in [0.1, 0.15) is 0 Å².